The third-order valence-electron chi connectivity index (χ3n) is 3.51. The molecule has 118 valence electrons. The molecule has 5 nitrogen and oxygen atoms in total. The zero-order chi connectivity index (χ0) is 16.2. The van der Waals surface area contributed by atoms with Gasteiger partial charge in [0.1, 0.15) is 17.4 Å². The monoisotopic (exact) mass is 312 g/mol. The molecule has 0 radical (unpaired) electrons. The Labute approximate surface area is 133 Å². The number of aryl methyl sites for hydroxylation is 1. The first-order chi connectivity index (χ1) is 11.1. The van der Waals surface area contributed by atoms with Crippen LogP contribution in [0.5, 0.6) is 0 Å². The van der Waals surface area contributed by atoms with Gasteiger partial charge in [-0.1, -0.05) is 12.1 Å². The first-order valence-electron chi connectivity index (χ1n) is 7.27. The zero-order valence-corrected chi connectivity index (χ0v) is 13.0. The van der Waals surface area contributed by atoms with E-state index in [0.717, 1.165) is 11.3 Å². The highest BCUT2D eigenvalue weighted by Crippen LogP contribution is 2.26. The van der Waals surface area contributed by atoms with E-state index in [-0.39, 0.29) is 11.9 Å². The first-order valence-corrected chi connectivity index (χ1v) is 7.27. The van der Waals surface area contributed by atoms with Crippen LogP contribution < -0.4 is 0 Å². The second-order valence-corrected chi connectivity index (χ2v) is 5.34. The van der Waals surface area contributed by atoms with Crippen molar-refractivity contribution in [1.82, 2.24) is 19.9 Å². The van der Waals surface area contributed by atoms with E-state index in [4.69, 9.17) is 4.42 Å². The van der Waals surface area contributed by atoms with Gasteiger partial charge in [-0.05, 0) is 37.7 Å². The fraction of sp³-hybridized carbons (Fsp3) is 0.235. The Morgan fingerprint density at radius 1 is 1.13 bits per heavy atom. The van der Waals surface area contributed by atoms with Crippen molar-refractivity contribution in [2.24, 2.45) is 0 Å². The van der Waals surface area contributed by atoms with Crippen molar-refractivity contribution in [3.63, 3.8) is 0 Å². The van der Waals surface area contributed by atoms with Gasteiger partial charge in [-0.3, -0.25) is 4.90 Å². The molecule has 23 heavy (non-hydrogen) atoms. The summed E-state index contributed by atoms with van der Waals surface area (Å²) < 4.78 is 18.8. The van der Waals surface area contributed by atoms with Gasteiger partial charge in [0.2, 0.25) is 5.89 Å². The number of rotatable bonds is 5. The summed E-state index contributed by atoms with van der Waals surface area (Å²) in [6.07, 6.45) is 5.08. The minimum Gasteiger partial charge on any atom is -0.445 e. The third-order valence-corrected chi connectivity index (χ3v) is 3.51. The quantitative estimate of drug-likeness (QED) is 0.724. The molecule has 0 bridgehead atoms. The van der Waals surface area contributed by atoms with E-state index in [1.54, 1.807) is 36.8 Å². The molecule has 1 atom stereocenters. The summed E-state index contributed by atoms with van der Waals surface area (Å²) in [6.45, 7) is 2.35. The average molecular weight is 312 g/mol. The van der Waals surface area contributed by atoms with E-state index in [9.17, 15) is 4.39 Å². The zero-order valence-electron chi connectivity index (χ0n) is 13.0. The Hall–Kier alpha value is -2.60. The van der Waals surface area contributed by atoms with E-state index in [2.05, 4.69) is 15.0 Å². The SMILES string of the molecule is Cc1cnc(CN(C)C(c2ccc(F)cc2)c2ncccn2)o1. The number of benzene rings is 1. The molecule has 0 aliphatic carbocycles. The largest absolute Gasteiger partial charge is 0.445 e. The van der Waals surface area contributed by atoms with Gasteiger partial charge in [-0.15, -0.1) is 0 Å². The van der Waals surface area contributed by atoms with Crippen molar-refractivity contribution in [1.29, 1.82) is 0 Å². The van der Waals surface area contributed by atoms with Crippen LogP contribution in [0.25, 0.3) is 0 Å². The Bertz CT molecular complexity index is 758. The Morgan fingerprint density at radius 3 is 2.43 bits per heavy atom. The topological polar surface area (TPSA) is 55.1 Å². The van der Waals surface area contributed by atoms with E-state index in [1.807, 2.05) is 18.9 Å². The van der Waals surface area contributed by atoms with Gasteiger partial charge in [0, 0.05) is 12.4 Å². The molecule has 0 aliphatic rings. The number of aromatic nitrogens is 3. The van der Waals surface area contributed by atoms with Crippen LogP contribution in [-0.4, -0.2) is 26.9 Å². The summed E-state index contributed by atoms with van der Waals surface area (Å²) in [5, 5.41) is 0. The van der Waals surface area contributed by atoms with Crippen molar-refractivity contribution in [3.8, 4) is 0 Å². The Kier molecular flexibility index (Phi) is 4.43. The molecule has 0 N–H and O–H groups in total. The molecule has 1 unspecified atom stereocenters. The van der Waals surface area contributed by atoms with Gasteiger partial charge in [0.25, 0.3) is 0 Å². The van der Waals surface area contributed by atoms with Crippen LogP contribution in [0.4, 0.5) is 4.39 Å². The lowest BCUT2D eigenvalue weighted by Gasteiger charge is -2.26. The molecule has 0 saturated carbocycles. The highest BCUT2D eigenvalue weighted by atomic mass is 19.1. The van der Waals surface area contributed by atoms with Crippen molar-refractivity contribution in [2.45, 2.75) is 19.5 Å². The predicted molar refractivity (Wildman–Crippen MR) is 83.0 cm³/mol. The fourth-order valence-corrected chi connectivity index (χ4v) is 2.48. The van der Waals surface area contributed by atoms with E-state index >= 15 is 0 Å². The van der Waals surface area contributed by atoms with E-state index in [1.165, 1.54) is 12.1 Å². The second-order valence-electron chi connectivity index (χ2n) is 5.34. The summed E-state index contributed by atoms with van der Waals surface area (Å²) in [5.41, 5.74) is 0.906. The van der Waals surface area contributed by atoms with Crippen LogP contribution in [0.3, 0.4) is 0 Å². The fourth-order valence-electron chi connectivity index (χ4n) is 2.48. The maximum atomic E-state index is 13.2. The van der Waals surface area contributed by atoms with Crippen molar-refractivity contribution in [3.05, 3.63) is 77.8 Å². The predicted octanol–water partition coefficient (Wildman–Crippen LogP) is 3.13. The third kappa shape index (κ3) is 3.60. The molecule has 6 heteroatoms. The summed E-state index contributed by atoms with van der Waals surface area (Å²) >= 11 is 0. The Morgan fingerprint density at radius 2 is 1.83 bits per heavy atom. The lowest BCUT2D eigenvalue weighted by molar-refractivity contribution is 0.233. The molecule has 0 saturated heterocycles. The number of halogens is 1. The molecular weight excluding hydrogens is 295 g/mol. The van der Waals surface area contributed by atoms with Crippen molar-refractivity contribution in [2.75, 3.05) is 7.05 Å². The van der Waals surface area contributed by atoms with Crippen molar-refractivity contribution >= 4 is 0 Å². The van der Waals surface area contributed by atoms with Gasteiger partial charge < -0.3 is 4.42 Å². The lowest BCUT2D eigenvalue weighted by atomic mass is 10.0. The maximum Gasteiger partial charge on any atom is 0.208 e. The van der Waals surface area contributed by atoms with Gasteiger partial charge in [-0.2, -0.15) is 0 Å². The minimum absolute atomic E-state index is 0.219. The summed E-state index contributed by atoms with van der Waals surface area (Å²) in [5.74, 6) is 1.76. The molecule has 0 amide bonds. The number of nitrogens with zero attached hydrogens (tertiary/aromatic N) is 4. The molecule has 0 spiro atoms. The average Bonchev–Trinajstić information content (AvgIpc) is 2.95. The van der Waals surface area contributed by atoms with E-state index < -0.39 is 0 Å². The Balaban J connectivity index is 1.92. The van der Waals surface area contributed by atoms with Gasteiger partial charge in [0.05, 0.1) is 18.8 Å². The molecule has 3 aromatic rings. The van der Waals surface area contributed by atoms with Crippen LogP contribution in [0.2, 0.25) is 0 Å². The highest BCUT2D eigenvalue weighted by molar-refractivity contribution is 5.25. The molecule has 2 heterocycles. The molecule has 0 aliphatic heterocycles. The van der Waals surface area contributed by atoms with Crippen LogP contribution in [0.15, 0.2) is 53.3 Å². The van der Waals surface area contributed by atoms with Crippen LogP contribution in [0.1, 0.15) is 29.1 Å². The van der Waals surface area contributed by atoms with Crippen LogP contribution in [0, 0.1) is 12.7 Å². The lowest BCUT2D eigenvalue weighted by Crippen LogP contribution is -2.27. The minimum atomic E-state index is -0.271. The van der Waals surface area contributed by atoms with Crippen LogP contribution in [-0.2, 0) is 6.54 Å². The van der Waals surface area contributed by atoms with Crippen LogP contribution >= 0.6 is 0 Å². The molecule has 2 aromatic heterocycles. The van der Waals surface area contributed by atoms with Crippen molar-refractivity contribution < 1.29 is 8.81 Å². The smallest absolute Gasteiger partial charge is 0.208 e. The van der Waals surface area contributed by atoms with Gasteiger partial charge >= 0.3 is 0 Å². The normalized spacial score (nSPS) is 12.5. The number of hydrogen-bond acceptors (Lipinski definition) is 5. The molecule has 0 fully saturated rings. The maximum absolute atomic E-state index is 13.2. The molecule has 1 aromatic carbocycles. The number of hydrogen-bond donors (Lipinski definition) is 0. The first kappa shape index (κ1) is 15.3. The second kappa shape index (κ2) is 6.66. The molecule has 3 rings (SSSR count). The summed E-state index contributed by atoms with van der Waals surface area (Å²) in [4.78, 5) is 14.9. The van der Waals surface area contributed by atoms with E-state index in [0.29, 0.717) is 18.3 Å². The number of oxazole rings is 1. The molecular formula is C17H17FN4O. The standard InChI is InChI=1S/C17H17FN4O/c1-12-10-21-15(23-12)11-22(2)16(17-19-8-3-9-20-17)13-4-6-14(18)7-5-13/h3-10,16H,11H2,1-2H3. The summed E-state index contributed by atoms with van der Waals surface area (Å²) in [7, 11) is 1.93. The summed E-state index contributed by atoms with van der Waals surface area (Å²) in [6, 6.07) is 7.91. The highest BCUT2D eigenvalue weighted by Gasteiger charge is 2.23. The van der Waals surface area contributed by atoms with Gasteiger partial charge in [-0.25, -0.2) is 19.3 Å². The van der Waals surface area contributed by atoms with Gasteiger partial charge in [0.15, 0.2) is 0 Å².